The van der Waals surface area contributed by atoms with E-state index in [1.807, 2.05) is 84.7 Å². The summed E-state index contributed by atoms with van der Waals surface area (Å²) in [5, 5.41) is 30.3. The van der Waals surface area contributed by atoms with Gasteiger partial charge in [0.05, 0.1) is 29.8 Å². The Bertz CT molecular complexity index is 1970. The first-order valence-corrected chi connectivity index (χ1v) is 18.1. The number of hydrogen-bond donors (Lipinski definition) is 4. The van der Waals surface area contributed by atoms with E-state index in [0.717, 1.165) is 33.4 Å². The lowest BCUT2D eigenvalue weighted by atomic mass is 9.98. The Labute approximate surface area is 293 Å². The van der Waals surface area contributed by atoms with Crippen molar-refractivity contribution in [3.63, 3.8) is 0 Å². The van der Waals surface area contributed by atoms with Crippen LogP contribution in [0.5, 0.6) is 5.75 Å². The van der Waals surface area contributed by atoms with E-state index in [0.29, 0.717) is 25.1 Å². The van der Waals surface area contributed by atoms with E-state index in [4.69, 9.17) is 9.47 Å². The predicted molar refractivity (Wildman–Crippen MR) is 191 cm³/mol. The number of phenols is 1. The quantitative estimate of drug-likeness (QED) is 0.114. The van der Waals surface area contributed by atoms with Gasteiger partial charge < -0.3 is 29.7 Å². The van der Waals surface area contributed by atoms with Gasteiger partial charge in [0.25, 0.3) is 0 Å². The van der Waals surface area contributed by atoms with E-state index in [-0.39, 0.29) is 36.0 Å². The number of aromatic hydroxyl groups is 1. The maximum atomic E-state index is 12.8. The van der Waals surface area contributed by atoms with Gasteiger partial charge in [-0.2, -0.15) is 0 Å². The predicted octanol–water partition coefficient (Wildman–Crippen LogP) is 6.24. The maximum Gasteiger partial charge on any atom is 0.240 e. The van der Waals surface area contributed by atoms with Gasteiger partial charge in [-0.25, -0.2) is 13.1 Å². The highest BCUT2D eigenvalue weighted by atomic mass is 32.2. The number of rotatable bonds is 13. The second kappa shape index (κ2) is 16.1. The van der Waals surface area contributed by atoms with Crippen LogP contribution in [0.1, 0.15) is 52.7 Å². The average molecular weight is 695 g/mol. The number of ether oxygens (including phenoxy) is 2. The Morgan fingerprint density at radius 3 is 2.26 bits per heavy atom. The molecule has 5 aromatic rings. The van der Waals surface area contributed by atoms with Gasteiger partial charge in [-0.3, -0.25) is 0 Å². The molecule has 6 rings (SSSR count). The highest BCUT2D eigenvalue weighted by molar-refractivity contribution is 7.89. The van der Waals surface area contributed by atoms with Crippen LogP contribution in [0.15, 0.2) is 132 Å². The van der Waals surface area contributed by atoms with Crippen LogP contribution < -0.4 is 4.72 Å². The van der Waals surface area contributed by atoms with E-state index >= 15 is 0 Å². The largest absolute Gasteiger partial charge is 0.508 e. The number of nitrogens with zero attached hydrogens (tertiary/aromatic N) is 1. The van der Waals surface area contributed by atoms with Crippen LogP contribution >= 0.6 is 0 Å². The van der Waals surface area contributed by atoms with Crippen molar-refractivity contribution in [1.82, 2.24) is 9.62 Å². The first-order chi connectivity index (χ1) is 24.2. The zero-order valence-corrected chi connectivity index (χ0v) is 28.6. The molecule has 1 saturated heterocycles. The monoisotopic (exact) mass is 694 g/mol. The van der Waals surface area contributed by atoms with Gasteiger partial charge >= 0.3 is 0 Å². The highest BCUT2D eigenvalue weighted by Crippen LogP contribution is 2.39. The molecule has 260 valence electrons. The average Bonchev–Trinajstić information content (AvgIpc) is 3.14. The van der Waals surface area contributed by atoms with Gasteiger partial charge in [0.15, 0.2) is 6.29 Å². The van der Waals surface area contributed by atoms with Gasteiger partial charge in [-0.05, 0) is 76.8 Å². The molecule has 4 atom stereocenters. The fraction of sp³-hybridized carbons (Fsp3) is 0.250. The molecular weight excluding hydrogens is 653 g/mol. The minimum atomic E-state index is -3.65. The molecule has 0 amide bonds. The molecule has 1 aliphatic rings. The van der Waals surface area contributed by atoms with Crippen molar-refractivity contribution in [3.05, 3.63) is 155 Å². The van der Waals surface area contributed by atoms with Gasteiger partial charge in [-0.1, -0.05) is 91.0 Å². The van der Waals surface area contributed by atoms with Crippen molar-refractivity contribution in [2.75, 3.05) is 20.1 Å². The fourth-order valence-corrected chi connectivity index (χ4v) is 7.21. The summed E-state index contributed by atoms with van der Waals surface area (Å²) in [6.45, 7) is 0.977. The van der Waals surface area contributed by atoms with Gasteiger partial charge in [0.1, 0.15) is 5.75 Å². The van der Waals surface area contributed by atoms with E-state index in [1.165, 1.54) is 0 Å². The molecule has 1 aliphatic heterocycles. The third-order valence-corrected chi connectivity index (χ3v) is 10.2. The van der Waals surface area contributed by atoms with Crippen molar-refractivity contribution in [3.8, 4) is 16.9 Å². The maximum absolute atomic E-state index is 12.8. The van der Waals surface area contributed by atoms with Crippen LogP contribution in [-0.2, 0) is 32.6 Å². The zero-order chi connectivity index (χ0) is 35.1. The summed E-state index contributed by atoms with van der Waals surface area (Å²) in [5.74, 6) is 0.108. The molecule has 10 heteroatoms. The Morgan fingerprint density at radius 2 is 1.52 bits per heavy atom. The number of aliphatic hydroxyl groups excluding tert-OH is 2. The molecule has 0 bridgehead atoms. The third-order valence-electron chi connectivity index (χ3n) is 8.81. The third kappa shape index (κ3) is 9.04. The van der Waals surface area contributed by atoms with Crippen LogP contribution in [0.25, 0.3) is 11.1 Å². The lowest BCUT2D eigenvalue weighted by Crippen LogP contribution is -2.39. The molecule has 5 aromatic carbocycles. The topological polar surface area (TPSA) is 129 Å². The van der Waals surface area contributed by atoms with Crippen LogP contribution in [0.2, 0.25) is 0 Å². The smallest absolute Gasteiger partial charge is 0.240 e. The number of sulfonamides is 1. The van der Waals surface area contributed by atoms with Crippen molar-refractivity contribution < 1.29 is 33.2 Å². The van der Waals surface area contributed by atoms with Gasteiger partial charge in [0.2, 0.25) is 10.0 Å². The molecule has 0 unspecified atom stereocenters. The minimum absolute atomic E-state index is 0.0423. The van der Waals surface area contributed by atoms with Crippen LogP contribution in [0, 0.1) is 0 Å². The lowest BCUT2D eigenvalue weighted by Gasteiger charge is -2.38. The van der Waals surface area contributed by atoms with Crippen molar-refractivity contribution in [2.24, 2.45) is 0 Å². The summed E-state index contributed by atoms with van der Waals surface area (Å²) in [4.78, 5) is 2.23. The number of benzene rings is 5. The molecule has 1 heterocycles. The SMILES string of the molecule is CN(C[C@@H]1C[C@H](c2ccc(CO)cc2)O[C@H](c2cccc(-c3cccc(CNS(=O)(=O)c4ccccc4)c3)c2)O1)C[C@@H](O)c1cccc(O)c1. The number of nitrogens with one attached hydrogen (secondary N) is 1. The van der Waals surface area contributed by atoms with E-state index in [9.17, 15) is 23.7 Å². The Morgan fingerprint density at radius 1 is 0.800 bits per heavy atom. The Balaban J connectivity index is 1.19. The molecular formula is C40H42N2O7S. The van der Waals surface area contributed by atoms with Crippen molar-refractivity contribution in [1.29, 1.82) is 0 Å². The number of phenolic OH excluding ortho intramolecular Hbond substituents is 1. The van der Waals surface area contributed by atoms with E-state index in [1.54, 1.807) is 54.6 Å². The van der Waals surface area contributed by atoms with Crippen LogP contribution in [-0.4, -0.2) is 54.9 Å². The summed E-state index contributed by atoms with van der Waals surface area (Å²) in [7, 11) is -1.72. The summed E-state index contributed by atoms with van der Waals surface area (Å²) < 4.78 is 41.4. The molecule has 1 fully saturated rings. The molecule has 0 spiro atoms. The molecule has 0 radical (unpaired) electrons. The molecule has 0 aromatic heterocycles. The molecule has 50 heavy (non-hydrogen) atoms. The molecule has 0 saturated carbocycles. The van der Waals surface area contributed by atoms with Gasteiger partial charge in [0, 0.05) is 31.6 Å². The van der Waals surface area contributed by atoms with Crippen LogP contribution in [0.3, 0.4) is 0 Å². The second-order valence-corrected chi connectivity index (χ2v) is 14.4. The van der Waals surface area contributed by atoms with Gasteiger partial charge in [-0.15, -0.1) is 0 Å². The van der Waals surface area contributed by atoms with Crippen LogP contribution in [0.4, 0.5) is 0 Å². The molecule has 0 aliphatic carbocycles. The highest BCUT2D eigenvalue weighted by Gasteiger charge is 2.33. The van der Waals surface area contributed by atoms with E-state index in [2.05, 4.69) is 4.72 Å². The molecule has 4 N–H and O–H groups in total. The summed E-state index contributed by atoms with van der Waals surface area (Å²) in [5.41, 5.74) is 5.94. The summed E-state index contributed by atoms with van der Waals surface area (Å²) in [6.07, 6.45) is -1.39. The number of likely N-dealkylation sites (N-methyl/N-ethyl adjacent to an activating group) is 1. The first-order valence-electron chi connectivity index (χ1n) is 16.6. The minimum Gasteiger partial charge on any atom is -0.508 e. The Hall–Kier alpha value is -4.39. The summed E-state index contributed by atoms with van der Waals surface area (Å²) >= 11 is 0. The number of hydrogen-bond acceptors (Lipinski definition) is 8. The van der Waals surface area contributed by atoms with Crippen molar-refractivity contribution >= 4 is 10.0 Å². The summed E-state index contributed by atoms with van der Waals surface area (Å²) in [6, 6.07) is 38.4. The van der Waals surface area contributed by atoms with E-state index < -0.39 is 22.4 Å². The Kier molecular flexibility index (Phi) is 11.4. The normalized spacial score (nSPS) is 18.6. The number of aliphatic hydroxyl groups is 2. The standard InChI is InChI=1S/C40H42N2O7S/c1-42(26-38(45)33-11-7-13-35(44)22-33)25-36-23-39(30-18-16-28(27-43)17-19-30)49-40(48-36)34-12-6-10-32(21-34)31-9-5-8-29(20-31)24-41-50(46,47)37-14-3-2-4-15-37/h2-22,36,38-41,43-45H,23-27H2,1H3/t36-,38+,39+,40+/m0/s1. The lowest BCUT2D eigenvalue weighted by molar-refractivity contribution is -0.252. The fourth-order valence-electron chi connectivity index (χ4n) is 6.17. The second-order valence-electron chi connectivity index (χ2n) is 12.6. The molecule has 9 nitrogen and oxygen atoms in total. The zero-order valence-electron chi connectivity index (χ0n) is 27.8. The first kappa shape index (κ1) is 35.4. The van der Waals surface area contributed by atoms with Crippen molar-refractivity contribution in [2.45, 2.75) is 49.1 Å².